The molecule has 24 heavy (non-hydrogen) atoms. The van der Waals surface area contributed by atoms with Crippen LogP contribution in [0.15, 0.2) is 60.7 Å². The minimum Gasteiger partial charge on any atom is -0.369 e. The van der Waals surface area contributed by atoms with Gasteiger partial charge in [0.2, 0.25) is 0 Å². The average Bonchev–Trinajstić information content (AvgIpc) is 2.67. The molecule has 1 saturated heterocycles. The molecule has 0 radical (unpaired) electrons. The van der Waals surface area contributed by atoms with E-state index in [4.69, 9.17) is 5.73 Å². The van der Waals surface area contributed by atoms with Gasteiger partial charge in [-0.15, -0.1) is 0 Å². The molecule has 2 aromatic carbocycles. The lowest BCUT2D eigenvalue weighted by molar-refractivity contribution is 0.0949. The average molecular weight is 323 g/mol. The summed E-state index contributed by atoms with van der Waals surface area (Å²) in [4.78, 5) is 17.1. The Bertz CT molecular complexity index is 636. The zero-order chi connectivity index (χ0) is 16.8. The van der Waals surface area contributed by atoms with Crippen molar-refractivity contribution in [3.63, 3.8) is 0 Å². The van der Waals surface area contributed by atoms with Crippen molar-refractivity contribution in [2.45, 2.75) is 12.5 Å². The second-order valence-electron chi connectivity index (χ2n) is 6.29. The topological polar surface area (TPSA) is 49.6 Å². The standard InChI is InChI=1S/C20H25N3O/c21-19(20(24)17-7-3-1-4-8-17)11-12-22-13-15-23(16-14-22)18-9-5-2-6-10-18/h1-10,19H,11-16,21H2. The third-order valence-electron chi connectivity index (χ3n) is 4.65. The van der Waals surface area contributed by atoms with Crippen molar-refractivity contribution in [3.8, 4) is 0 Å². The van der Waals surface area contributed by atoms with E-state index in [9.17, 15) is 4.79 Å². The number of nitrogens with two attached hydrogens (primary N) is 1. The number of carbonyl (C=O) groups excluding carboxylic acids is 1. The van der Waals surface area contributed by atoms with Crippen LogP contribution in [0.25, 0.3) is 0 Å². The van der Waals surface area contributed by atoms with Crippen molar-refractivity contribution >= 4 is 11.5 Å². The van der Waals surface area contributed by atoms with Gasteiger partial charge in [0.05, 0.1) is 6.04 Å². The second-order valence-corrected chi connectivity index (χ2v) is 6.29. The van der Waals surface area contributed by atoms with E-state index in [0.29, 0.717) is 12.0 Å². The monoisotopic (exact) mass is 323 g/mol. The first-order valence-corrected chi connectivity index (χ1v) is 8.61. The van der Waals surface area contributed by atoms with Crippen LogP contribution in [0.2, 0.25) is 0 Å². The maximum absolute atomic E-state index is 12.3. The minimum absolute atomic E-state index is 0.0403. The molecular weight excluding hydrogens is 298 g/mol. The number of Topliss-reactive ketones (excluding diaryl/α,β-unsaturated/α-hetero) is 1. The summed E-state index contributed by atoms with van der Waals surface area (Å²) in [6, 6.07) is 19.4. The highest BCUT2D eigenvalue weighted by Gasteiger charge is 2.20. The molecule has 2 N–H and O–H groups in total. The van der Waals surface area contributed by atoms with Gasteiger partial charge >= 0.3 is 0 Å². The number of ketones is 1. The van der Waals surface area contributed by atoms with E-state index in [2.05, 4.69) is 34.1 Å². The Labute approximate surface area is 143 Å². The van der Waals surface area contributed by atoms with Crippen LogP contribution in [-0.2, 0) is 0 Å². The zero-order valence-corrected chi connectivity index (χ0v) is 14.0. The summed E-state index contributed by atoms with van der Waals surface area (Å²) in [7, 11) is 0. The molecule has 2 aromatic rings. The molecule has 0 spiro atoms. The summed E-state index contributed by atoms with van der Waals surface area (Å²) in [5, 5.41) is 0. The molecule has 1 unspecified atom stereocenters. The molecule has 0 bridgehead atoms. The van der Waals surface area contributed by atoms with Gasteiger partial charge in [-0.2, -0.15) is 0 Å². The highest BCUT2D eigenvalue weighted by molar-refractivity contribution is 5.99. The molecule has 0 amide bonds. The highest BCUT2D eigenvalue weighted by Crippen LogP contribution is 2.16. The Hall–Kier alpha value is -2.17. The normalized spacial score (nSPS) is 16.8. The SMILES string of the molecule is NC(CCN1CCN(c2ccccc2)CC1)C(=O)c1ccccc1. The Balaban J connectivity index is 1.44. The number of carbonyl (C=O) groups is 1. The summed E-state index contributed by atoms with van der Waals surface area (Å²) in [6.07, 6.45) is 0.707. The highest BCUT2D eigenvalue weighted by atomic mass is 16.1. The van der Waals surface area contributed by atoms with Gasteiger partial charge in [0.25, 0.3) is 0 Å². The number of anilines is 1. The van der Waals surface area contributed by atoms with E-state index in [-0.39, 0.29) is 5.78 Å². The molecule has 0 saturated carbocycles. The van der Waals surface area contributed by atoms with Gasteiger partial charge in [-0.1, -0.05) is 48.5 Å². The molecule has 126 valence electrons. The fourth-order valence-corrected chi connectivity index (χ4v) is 3.14. The number of rotatable bonds is 6. The molecule has 1 fully saturated rings. The van der Waals surface area contributed by atoms with Crippen molar-refractivity contribution in [2.75, 3.05) is 37.6 Å². The summed E-state index contributed by atoms with van der Waals surface area (Å²) >= 11 is 0. The number of hydrogen-bond acceptors (Lipinski definition) is 4. The minimum atomic E-state index is -0.417. The molecule has 0 aliphatic carbocycles. The third-order valence-corrected chi connectivity index (χ3v) is 4.65. The maximum Gasteiger partial charge on any atom is 0.179 e. The fraction of sp³-hybridized carbons (Fsp3) is 0.350. The third kappa shape index (κ3) is 4.22. The maximum atomic E-state index is 12.3. The van der Waals surface area contributed by atoms with E-state index < -0.39 is 6.04 Å². The van der Waals surface area contributed by atoms with Gasteiger partial charge in [-0.05, 0) is 18.6 Å². The number of piperazine rings is 1. The van der Waals surface area contributed by atoms with E-state index in [1.165, 1.54) is 5.69 Å². The molecule has 1 aliphatic heterocycles. The Morgan fingerprint density at radius 3 is 2.12 bits per heavy atom. The molecule has 4 heteroatoms. The fourth-order valence-electron chi connectivity index (χ4n) is 3.14. The number of benzene rings is 2. The Morgan fingerprint density at radius 1 is 0.917 bits per heavy atom. The molecular formula is C20H25N3O. The smallest absolute Gasteiger partial charge is 0.179 e. The predicted molar refractivity (Wildman–Crippen MR) is 98.5 cm³/mol. The lowest BCUT2D eigenvalue weighted by Gasteiger charge is -2.36. The first kappa shape index (κ1) is 16.7. The van der Waals surface area contributed by atoms with Gasteiger partial charge < -0.3 is 10.6 Å². The van der Waals surface area contributed by atoms with Gasteiger partial charge in [0, 0.05) is 44.0 Å². The van der Waals surface area contributed by atoms with E-state index in [1.54, 1.807) is 0 Å². The van der Waals surface area contributed by atoms with Crippen LogP contribution in [-0.4, -0.2) is 49.4 Å². The molecule has 1 aliphatic rings. The molecule has 1 atom stereocenters. The molecule has 4 nitrogen and oxygen atoms in total. The Morgan fingerprint density at radius 2 is 1.50 bits per heavy atom. The van der Waals surface area contributed by atoms with Crippen molar-refractivity contribution in [1.82, 2.24) is 4.90 Å². The van der Waals surface area contributed by atoms with Crippen LogP contribution in [0.3, 0.4) is 0 Å². The van der Waals surface area contributed by atoms with Crippen LogP contribution in [0.5, 0.6) is 0 Å². The van der Waals surface area contributed by atoms with Crippen LogP contribution >= 0.6 is 0 Å². The van der Waals surface area contributed by atoms with Gasteiger partial charge in [0.15, 0.2) is 5.78 Å². The summed E-state index contributed by atoms with van der Waals surface area (Å²) < 4.78 is 0. The van der Waals surface area contributed by atoms with Gasteiger partial charge in [0.1, 0.15) is 0 Å². The van der Waals surface area contributed by atoms with E-state index in [1.807, 2.05) is 36.4 Å². The van der Waals surface area contributed by atoms with E-state index in [0.717, 1.165) is 32.7 Å². The number of hydrogen-bond donors (Lipinski definition) is 1. The quantitative estimate of drug-likeness (QED) is 0.830. The second kappa shape index (κ2) is 8.08. The van der Waals surface area contributed by atoms with Crippen molar-refractivity contribution in [3.05, 3.63) is 66.2 Å². The van der Waals surface area contributed by atoms with E-state index >= 15 is 0 Å². The predicted octanol–water partition coefficient (Wildman–Crippen LogP) is 2.41. The van der Waals surface area contributed by atoms with Gasteiger partial charge in [-0.3, -0.25) is 9.69 Å². The first-order valence-electron chi connectivity index (χ1n) is 8.61. The Kier molecular flexibility index (Phi) is 5.62. The largest absolute Gasteiger partial charge is 0.369 e. The van der Waals surface area contributed by atoms with Crippen molar-refractivity contribution in [1.29, 1.82) is 0 Å². The number of para-hydroxylation sites is 1. The van der Waals surface area contributed by atoms with Gasteiger partial charge in [-0.25, -0.2) is 0 Å². The summed E-state index contributed by atoms with van der Waals surface area (Å²) in [6.45, 7) is 4.95. The lowest BCUT2D eigenvalue weighted by atomic mass is 10.0. The van der Waals surface area contributed by atoms with Crippen LogP contribution in [0.4, 0.5) is 5.69 Å². The lowest BCUT2D eigenvalue weighted by Crippen LogP contribution is -2.47. The van der Waals surface area contributed by atoms with Crippen molar-refractivity contribution in [2.24, 2.45) is 5.73 Å². The van der Waals surface area contributed by atoms with Crippen molar-refractivity contribution < 1.29 is 4.79 Å². The summed E-state index contributed by atoms with van der Waals surface area (Å²) in [5.74, 6) is 0.0403. The first-order chi connectivity index (χ1) is 11.7. The summed E-state index contributed by atoms with van der Waals surface area (Å²) in [5.41, 5.74) is 8.09. The molecule has 0 aromatic heterocycles. The molecule has 1 heterocycles. The van der Waals surface area contributed by atoms with Crippen LogP contribution in [0.1, 0.15) is 16.8 Å². The zero-order valence-electron chi connectivity index (χ0n) is 14.0. The van der Waals surface area contributed by atoms with Crippen LogP contribution in [0, 0.1) is 0 Å². The van der Waals surface area contributed by atoms with Crippen LogP contribution < -0.4 is 10.6 Å². The number of nitrogens with zero attached hydrogens (tertiary/aromatic N) is 2. The molecule has 3 rings (SSSR count).